The Balaban J connectivity index is 1.49. The number of nitrogen functional groups attached to an aromatic ring is 1. The van der Waals surface area contributed by atoms with E-state index in [1.54, 1.807) is 0 Å². The van der Waals surface area contributed by atoms with Crippen molar-refractivity contribution in [2.45, 2.75) is 71.1 Å². The molecule has 26 heavy (non-hydrogen) atoms. The standard InChI is InChI=1S/C23H31F2N/c1-2-3-16-6-10-19(11-7-16)20-12-8-17(9-13-20)4-5-18-14-21(24)23(26)22(25)15-18/h14-17,19-20H,2-3,6-13,26H2,1H3. The minimum atomic E-state index is -0.725. The molecule has 2 aliphatic carbocycles. The molecule has 0 spiro atoms. The molecule has 3 rings (SSSR count). The smallest absolute Gasteiger partial charge is 0.150 e. The largest absolute Gasteiger partial charge is 0.394 e. The van der Waals surface area contributed by atoms with Crippen LogP contribution in [0.5, 0.6) is 0 Å². The summed E-state index contributed by atoms with van der Waals surface area (Å²) in [6, 6.07) is 2.46. The second-order valence-electron chi connectivity index (χ2n) is 8.30. The fourth-order valence-corrected chi connectivity index (χ4v) is 4.93. The first-order valence-electron chi connectivity index (χ1n) is 10.3. The Hall–Kier alpha value is -1.56. The molecule has 1 aromatic carbocycles. The maximum absolute atomic E-state index is 13.5. The van der Waals surface area contributed by atoms with Crippen LogP contribution in [0.1, 0.15) is 76.7 Å². The molecule has 2 saturated carbocycles. The average Bonchev–Trinajstić information content (AvgIpc) is 2.66. The quantitative estimate of drug-likeness (QED) is 0.496. The Labute approximate surface area is 156 Å². The third-order valence-corrected chi connectivity index (χ3v) is 6.53. The van der Waals surface area contributed by atoms with E-state index in [-0.39, 0.29) is 0 Å². The lowest BCUT2D eigenvalue weighted by molar-refractivity contribution is 0.154. The maximum atomic E-state index is 13.5. The number of anilines is 1. The van der Waals surface area contributed by atoms with E-state index >= 15 is 0 Å². The fourth-order valence-electron chi connectivity index (χ4n) is 4.93. The molecule has 3 heteroatoms. The molecule has 0 bridgehead atoms. The first kappa shape index (κ1) is 19.2. The summed E-state index contributed by atoms with van der Waals surface area (Å²) in [5.41, 5.74) is 5.26. The fraction of sp³-hybridized carbons (Fsp3) is 0.652. The van der Waals surface area contributed by atoms with Crippen LogP contribution in [0.2, 0.25) is 0 Å². The second-order valence-corrected chi connectivity index (χ2v) is 8.30. The highest BCUT2D eigenvalue weighted by atomic mass is 19.1. The van der Waals surface area contributed by atoms with Gasteiger partial charge in [-0.05, 0) is 68.4 Å². The summed E-state index contributed by atoms with van der Waals surface area (Å²) in [6.45, 7) is 2.29. The third kappa shape index (κ3) is 4.78. The van der Waals surface area contributed by atoms with E-state index < -0.39 is 17.3 Å². The van der Waals surface area contributed by atoms with E-state index in [0.29, 0.717) is 11.5 Å². The zero-order valence-corrected chi connectivity index (χ0v) is 15.9. The van der Waals surface area contributed by atoms with Crippen molar-refractivity contribution in [2.75, 3.05) is 5.73 Å². The van der Waals surface area contributed by atoms with Gasteiger partial charge < -0.3 is 5.73 Å². The van der Waals surface area contributed by atoms with Gasteiger partial charge >= 0.3 is 0 Å². The number of hydrogen-bond donors (Lipinski definition) is 1. The molecule has 0 saturated heterocycles. The molecule has 1 nitrogen and oxygen atoms in total. The first-order valence-corrected chi connectivity index (χ1v) is 10.3. The molecule has 0 aromatic heterocycles. The molecule has 2 N–H and O–H groups in total. The van der Waals surface area contributed by atoms with Crippen molar-refractivity contribution in [1.29, 1.82) is 0 Å². The van der Waals surface area contributed by atoms with Crippen LogP contribution in [-0.2, 0) is 0 Å². The molecule has 0 heterocycles. The Kier molecular flexibility index (Phi) is 6.57. The number of nitrogens with two attached hydrogens (primary N) is 1. The monoisotopic (exact) mass is 359 g/mol. The van der Waals surface area contributed by atoms with Gasteiger partial charge in [-0.1, -0.05) is 44.4 Å². The van der Waals surface area contributed by atoms with E-state index in [9.17, 15) is 8.78 Å². The van der Waals surface area contributed by atoms with E-state index in [1.807, 2.05) is 0 Å². The SMILES string of the molecule is CCCC1CCC(C2CCC(C#Cc3cc(F)c(N)c(F)c3)CC2)CC1. The minimum Gasteiger partial charge on any atom is -0.394 e. The van der Waals surface area contributed by atoms with Crippen LogP contribution in [-0.4, -0.2) is 0 Å². The van der Waals surface area contributed by atoms with Crippen LogP contribution < -0.4 is 5.73 Å². The summed E-state index contributed by atoms with van der Waals surface area (Å²) in [4.78, 5) is 0. The zero-order valence-electron chi connectivity index (χ0n) is 15.9. The van der Waals surface area contributed by atoms with Gasteiger partial charge in [0, 0.05) is 11.5 Å². The Morgan fingerprint density at radius 2 is 1.46 bits per heavy atom. The van der Waals surface area contributed by atoms with Crippen molar-refractivity contribution in [2.24, 2.45) is 23.7 Å². The third-order valence-electron chi connectivity index (χ3n) is 6.53. The normalized spacial score (nSPS) is 29.0. The van der Waals surface area contributed by atoms with Gasteiger partial charge in [0.15, 0.2) is 0 Å². The zero-order chi connectivity index (χ0) is 18.5. The lowest BCUT2D eigenvalue weighted by Gasteiger charge is -2.37. The summed E-state index contributed by atoms with van der Waals surface area (Å²) < 4.78 is 27.0. The topological polar surface area (TPSA) is 26.0 Å². The predicted molar refractivity (Wildman–Crippen MR) is 103 cm³/mol. The summed E-state index contributed by atoms with van der Waals surface area (Å²) in [5, 5.41) is 0. The number of rotatable bonds is 3. The van der Waals surface area contributed by atoms with Gasteiger partial charge in [-0.25, -0.2) is 8.78 Å². The van der Waals surface area contributed by atoms with Crippen LogP contribution in [0.25, 0.3) is 0 Å². The molecule has 0 atom stereocenters. The van der Waals surface area contributed by atoms with Gasteiger partial charge in [0.25, 0.3) is 0 Å². The van der Waals surface area contributed by atoms with Crippen LogP contribution in [0.3, 0.4) is 0 Å². The predicted octanol–water partition coefficient (Wildman–Crippen LogP) is 6.31. The summed E-state index contributed by atoms with van der Waals surface area (Å²) in [5.74, 6) is 7.84. The molecule has 2 fully saturated rings. The average molecular weight is 360 g/mol. The number of halogens is 2. The van der Waals surface area contributed by atoms with E-state index in [2.05, 4.69) is 18.8 Å². The number of benzene rings is 1. The van der Waals surface area contributed by atoms with E-state index in [4.69, 9.17) is 5.73 Å². The van der Waals surface area contributed by atoms with E-state index in [0.717, 1.165) is 30.6 Å². The van der Waals surface area contributed by atoms with Gasteiger partial charge in [0.05, 0.1) is 0 Å². The van der Waals surface area contributed by atoms with Crippen LogP contribution in [0, 0.1) is 47.1 Å². The van der Waals surface area contributed by atoms with Crippen molar-refractivity contribution in [3.63, 3.8) is 0 Å². The van der Waals surface area contributed by atoms with Crippen molar-refractivity contribution in [3.05, 3.63) is 29.3 Å². The van der Waals surface area contributed by atoms with Crippen molar-refractivity contribution < 1.29 is 8.78 Å². The van der Waals surface area contributed by atoms with Gasteiger partial charge in [-0.15, -0.1) is 0 Å². The first-order chi connectivity index (χ1) is 12.6. The lowest BCUT2D eigenvalue weighted by Crippen LogP contribution is -2.25. The molecule has 142 valence electrons. The lowest BCUT2D eigenvalue weighted by atomic mass is 9.69. The molecule has 0 radical (unpaired) electrons. The molecular formula is C23H31F2N. The van der Waals surface area contributed by atoms with Crippen LogP contribution in [0.15, 0.2) is 12.1 Å². The summed E-state index contributed by atoms with van der Waals surface area (Å²) in [7, 11) is 0. The van der Waals surface area contributed by atoms with Crippen LogP contribution >= 0.6 is 0 Å². The highest BCUT2D eigenvalue weighted by molar-refractivity contribution is 5.47. The highest BCUT2D eigenvalue weighted by Crippen LogP contribution is 2.42. The molecular weight excluding hydrogens is 328 g/mol. The Bertz CT molecular complexity index is 634. The van der Waals surface area contributed by atoms with Crippen LogP contribution in [0.4, 0.5) is 14.5 Å². The second kappa shape index (κ2) is 8.89. The molecule has 2 aliphatic rings. The molecule has 0 unspecified atom stereocenters. The Morgan fingerprint density at radius 1 is 0.923 bits per heavy atom. The van der Waals surface area contributed by atoms with Crippen molar-refractivity contribution in [3.8, 4) is 11.8 Å². The van der Waals surface area contributed by atoms with Gasteiger partial charge in [-0.2, -0.15) is 0 Å². The molecule has 0 aliphatic heterocycles. The van der Waals surface area contributed by atoms with Gasteiger partial charge in [-0.3, -0.25) is 0 Å². The van der Waals surface area contributed by atoms with E-state index in [1.165, 1.54) is 63.5 Å². The summed E-state index contributed by atoms with van der Waals surface area (Å²) in [6.07, 6.45) is 13.1. The molecule has 0 amide bonds. The number of hydrogen-bond acceptors (Lipinski definition) is 1. The van der Waals surface area contributed by atoms with Gasteiger partial charge in [0.1, 0.15) is 17.3 Å². The Morgan fingerprint density at radius 3 is 2.00 bits per heavy atom. The van der Waals surface area contributed by atoms with Crippen molar-refractivity contribution in [1.82, 2.24) is 0 Å². The summed E-state index contributed by atoms with van der Waals surface area (Å²) >= 11 is 0. The van der Waals surface area contributed by atoms with Crippen molar-refractivity contribution >= 4 is 5.69 Å². The van der Waals surface area contributed by atoms with Gasteiger partial charge in [0.2, 0.25) is 0 Å². The minimum absolute atomic E-state index is 0.353. The maximum Gasteiger partial charge on any atom is 0.150 e. The molecule has 1 aromatic rings. The highest BCUT2D eigenvalue weighted by Gasteiger charge is 2.30.